The van der Waals surface area contributed by atoms with Crippen LogP contribution in [0.3, 0.4) is 0 Å². The van der Waals surface area contributed by atoms with Gasteiger partial charge in [0, 0.05) is 10.9 Å². The Morgan fingerprint density at radius 1 is 0.842 bits per heavy atom. The van der Waals surface area contributed by atoms with E-state index in [1.165, 1.54) is 22.5 Å². The molecule has 0 radical (unpaired) electrons. The minimum Gasteiger partial charge on any atom is -0.298 e. The lowest BCUT2D eigenvalue weighted by Gasteiger charge is -2.09. The van der Waals surface area contributed by atoms with Gasteiger partial charge in [0.05, 0.1) is 38.6 Å². The highest BCUT2D eigenvalue weighted by molar-refractivity contribution is 7.14. The average Bonchev–Trinajstić information content (AvgIpc) is 3.67. The van der Waals surface area contributed by atoms with E-state index in [0.717, 1.165) is 44.2 Å². The summed E-state index contributed by atoms with van der Waals surface area (Å²) in [5.41, 5.74) is 9.12. The Kier molecular flexibility index (Phi) is 6.13. The number of carbonyl (C=O) groups is 1. The van der Waals surface area contributed by atoms with Crippen molar-refractivity contribution in [3.05, 3.63) is 99.4 Å². The Morgan fingerprint density at radius 3 is 2.39 bits per heavy atom. The molecule has 6 nitrogen and oxygen atoms in total. The predicted molar refractivity (Wildman–Crippen MR) is 157 cm³/mol. The molecule has 8 heteroatoms. The third-order valence-corrected chi connectivity index (χ3v) is 8.32. The van der Waals surface area contributed by atoms with Crippen LogP contribution >= 0.6 is 22.7 Å². The number of aromatic nitrogens is 4. The second-order valence-electron chi connectivity index (χ2n) is 9.31. The predicted octanol–water partition coefficient (Wildman–Crippen LogP) is 7.76. The van der Waals surface area contributed by atoms with E-state index in [-0.39, 0.29) is 5.91 Å². The summed E-state index contributed by atoms with van der Waals surface area (Å²) in [4.78, 5) is 24.4. The number of amides is 1. The highest BCUT2D eigenvalue weighted by atomic mass is 32.1. The number of nitrogens with zero attached hydrogens (tertiary/aromatic N) is 4. The smallest absolute Gasteiger partial charge is 0.258 e. The molecule has 6 aromatic rings. The minimum absolute atomic E-state index is 0.233. The van der Waals surface area contributed by atoms with Crippen molar-refractivity contribution in [3.8, 4) is 27.5 Å². The van der Waals surface area contributed by atoms with E-state index >= 15 is 0 Å². The lowest BCUT2D eigenvalue weighted by Crippen LogP contribution is -2.13. The Labute approximate surface area is 228 Å². The molecule has 0 aliphatic rings. The molecule has 0 fully saturated rings. The van der Waals surface area contributed by atoms with Crippen LogP contribution in [-0.4, -0.2) is 25.7 Å². The van der Waals surface area contributed by atoms with Crippen molar-refractivity contribution in [1.29, 1.82) is 0 Å². The molecule has 1 N–H and O–H groups in total. The Hall–Kier alpha value is -4.14. The van der Waals surface area contributed by atoms with Gasteiger partial charge in [-0.05, 0) is 80.1 Å². The van der Waals surface area contributed by atoms with Crippen molar-refractivity contribution in [2.75, 3.05) is 5.32 Å². The Bertz CT molecular complexity index is 1800. The first-order valence-corrected chi connectivity index (χ1v) is 14.0. The van der Waals surface area contributed by atoms with E-state index in [4.69, 9.17) is 15.1 Å². The van der Waals surface area contributed by atoms with Gasteiger partial charge in [-0.3, -0.25) is 10.1 Å². The number of thiazole rings is 1. The van der Waals surface area contributed by atoms with Crippen LogP contribution < -0.4 is 5.32 Å². The maximum Gasteiger partial charge on any atom is 0.258 e. The summed E-state index contributed by atoms with van der Waals surface area (Å²) in [5.74, 6) is -0.233. The summed E-state index contributed by atoms with van der Waals surface area (Å²) >= 11 is 3.01. The van der Waals surface area contributed by atoms with Gasteiger partial charge in [-0.25, -0.2) is 14.6 Å². The number of para-hydroxylation sites is 1. The largest absolute Gasteiger partial charge is 0.298 e. The third kappa shape index (κ3) is 4.31. The number of rotatable bonds is 5. The number of carbonyl (C=O) groups excluding carboxylic acids is 1. The van der Waals surface area contributed by atoms with Gasteiger partial charge in [-0.15, -0.1) is 22.7 Å². The topological polar surface area (TPSA) is 72.7 Å². The number of anilines is 1. The molecule has 0 spiro atoms. The Morgan fingerprint density at radius 2 is 1.63 bits per heavy atom. The molecule has 4 aromatic heterocycles. The summed E-state index contributed by atoms with van der Waals surface area (Å²) in [6, 6.07) is 20.0. The van der Waals surface area contributed by atoms with Gasteiger partial charge >= 0.3 is 0 Å². The monoisotopic (exact) mass is 535 g/mol. The summed E-state index contributed by atoms with van der Waals surface area (Å²) in [5, 5.41) is 13.1. The first-order valence-electron chi connectivity index (χ1n) is 12.2. The van der Waals surface area contributed by atoms with Gasteiger partial charge in [0.25, 0.3) is 5.91 Å². The van der Waals surface area contributed by atoms with Crippen LogP contribution in [0.2, 0.25) is 0 Å². The maximum absolute atomic E-state index is 13.8. The van der Waals surface area contributed by atoms with Gasteiger partial charge in [-0.1, -0.05) is 30.3 Å². The molecule has 0 atom stereocenters. The zero-order valence-corrected chi connectivity index (χ0v) is 23.1. The van der Waals surface area contributed by atoms with Crippen LogP contribution in [0.15, 0.2) is 71.4 Å². The molecule has 0 saturated heterocycles. The standard InChI is InChI=1S/C30H25N5OS2/c1-17-13-19(3)22(14-18(17)2)25-16-38-30(32-25)33-29(36)23-15-24(26-11-8-12-37-26)31-28-27(23)20(4)34-35(28)21-9-6-5-7-10-21/h5-16H,1-4H3,(H,32,33,36). The van der Waals surface area contributed by atoms with Crippen LogP contribution in [0, 0.1) is 27.7 Å². The summed E-state index contributed by atoms with van der Waals surface area (Å²) in [6.07, 6.45) is 0. The summed E-state index contributed by atoms with van der Waals surface area (Å²) in [7, 11) is 0. The zero-order valence-electron chi connectivity index (χ0n) is 21.4. The van der Waals surface area contributed by atoms with E-state index in [9.17, 15) is 4.79 Å². The fourth-order valence-corrected chi connectivity index (χ4v) is 6.02. The van der Waals surface area contributed by atoms with E-state index in [0.29, 0.717) is 16.3 Å². The van der Waals surface area contributed by atoms with Crippen molar-refractivity contribution in [2.24, 2.45) is 0 Å². The van der Waals surface area contributed by atoms with Crippen LogP contribution in [0.5, 0.6) is 0 Å². The molecule has 38 heavy (non-hydrogen) atoms. The molecule has 0 aliphatic heterocycles. The molecule has 188 valence electrons. The van der Waals surface area contributed by atoms with E-state index in [1.54, 1.807) is 11.3 Å². The molecule has 0 unspecified atom stereocenters. The second-order valence-corrected chi connectivity index (χ2v) is 11.1. The number of aryl methyl sites for hydroxylation is 4. The summed E-state index contributed by atoms with van der Waals surface area (Å²) < 4.78 is 1.81. The maximum atomic E-state index is 13.8. The van der Waals surface area contributed by atoms with E-state index < -0.39 is 0 Å². The highest BCUT2D eigenvalue weighted by Gasteiger charge is 2.22. The van der Waals surface area contributed by atoms with Crippen molar-refractivity contribution in [2.45, 2.75) is 27.7 Å². The number of pyridine rings is 1. The van der Waals surface area contributed by atoms with Crippen LogP contribution in [-0.2, 0) is 0 Å². The second kappa shape index (κ2) is 9.63. The van der Waals surface area contributed by atoms with Crippen LogP contribution in [0.1, 0.15) is 32.7 Å². The van der Waals surface area contributed by atoms with E-state index in [1.807, 2.05) is 70.9 Å². The molecular formula is C30H25N5OS2. The number of fused-ring (bicyclic) bond motifs is 1. The molecule has 1 amide bonds. The number of hydrogen-bond acceptors (Lipinski definition) is 6. The van der Waals surface area contributed by atoms with Crippen LogP contribution in [0.25, 0.3) is 38.5 Å². The molecule has 0 saturated carbocycles. The molecule has 4 heterocycles. The lowest BCUT2D eigenvalue weighted by molar-refractivity contribution is 0.102. The van der Waals surface area contributed by atoms with Gasteiger partial charge in [-0.2, -0.15) is 5.10 Å². The van der Waals surface area contributed by atoms with Gasteiger partial charge in [0.1, 0.15) is 0 Å². The van der Waals surface area contributed by atoms with Gasteiger partial charge in [0.2, 0.25) is 0 Å². The number of thiophene rings is 1. The Balaban J connectivity index is 1.43. The van der Waals surface area contributed by atoms with Crippen molar-refractivity contribution < 1.29 is 4.79 Å². The molecular weight excluding hydrogens is 510 g/mol. The number of benzene rings is 2. The third-order valence-electron chi connectivity index (χ3n) is 6.67. The quantitative estimate of drug-likeness (QED) is 0.245. The van der Waals surface area contributed by atoms with Crippen molar-refractivity contribution >= 4 is 44.7 Å². The fourth-order valence-electron chi connectivity index (χ4n) is 4.62. The number of nitrogens with one attached hydrogen (secondary N) is 1. The number of hydrogen-bond donors (Lipinski definition) is 1. The summed E-state index contributed by atoms with van der Waals surface area (Å²) in [6.45, 7) is 8.22. The molecule has 0 bridgehead atoms. The molecule has 2 aromatic carbocycles. The van der Waals surface area contributed by atoms with Crippen molar-refractivity contribution in [1.82, 2.24) is 19.7 Å². The highest BCUT2D eigenvalue weighted by Crippen LogP contribution is 2.33. The minimum atomic E-state index is -0.233. The van der Waals surface area contributed by atoms with Gasteiger partial charge < -0.3 is 0 Å². The average molecular weight is 536 g/mol. The first kappa shape index (κ1) is 24.2. The van der Waals surface area contributed by atoms with E-state index in [2.05, 4.69) is 38.2 Å². The lowest BCUT2D eigenvalue weighted by atomic mass is 9.99. The SMILES string of the molecule is Cc1cc(C)c(-c2csc(NC(=O)c3cc(-c4cccs4)nc4c3c(C)nn4-c3ccccc3)n2)cc1C. The first-order chi connectivity index (χ1) is 18.4. The van der Waals surface area contributed by atoms with Crippen molar-refractivity contribution in [3.63, 3.8) is 0 Å². The fraction of sp³-hybridized carbons (Fsp3) is 0.133. The zero-order chi connectivity index (χ0) is 26.4. The van der Waals surface area contributed by atoms with Crippen LogP contribution in [0.4, 0.5) is 5.13 Å². The normalized spacial score (nSPS) is 11.3. The molecule has 6 rings (SSSR count). The van der Waals surface area contributed by atoms with Gasteiger partial charge in [0.15, 0.2) is 10.8 Å². The molecule has 0 aliphatic carbocycles.